The van der Waals surface area contributed by atoms with Gasteiger partial charge >= 0.3 is 5.97 Å². The molecular formula is C24H20ClN3O8S. The van der Waals surface area contributed by atoms with Crippen molar-refractivity contribution >= 4 is 50.6 Å². The maximum absolute atomic E-state index is 13.4. The van der Waals surface area contributed by atoms with Crippen LogP contribution in [0.25, 0.3) is 0 Å². The minimum absolute atomic E-state index is 0.0551. The molecule has 3 aromatic carbocycles. The number of carbonyl (C=O) groups excluding carboxylic acids is 2. The summed E-state index contributed by atoms with van der Waals surface area (Å²) in [7, 11) is -2.69. The van der Waals surface area contributed by atoms with E-state index >= 15 is 0 Å². The number of amides is 1. The van der Waals surface area contributed by atoms with E-state index in [2.05, 4.69) is 5.32 Å². The van der Waals surface area contributed by atoms with E-state index < -0.39 is 39.1 Å². The molecule has 0 fully saturated rings. The number of nitro benzene ring substituents is 1. The minimum Gasteiger partial charge on any atom is -0.496 e. The summed E-state index contributed by atoms with van der Waals surface area (Å²) in [6.45, 7) is -0.481. The van der Waals surface area contributed by atoms with Crippen LogP contribution in [0.1, 0.15) is 15.9 Å². The van der Waals surface area contributed by atoms with E-state index in [0.29, 0.717) is 12.1 Å². The molecule has 1 amide bonds. The summed E-state index contributed by atoms with van der Waals surface area (Å²) >= 11 is 5.76. The highest BCUT2D eigenvalue weighted by Crippen LogP contribution is 2.34. The molecule has 0 spiro atoms. The number of nitrogens with one attached hydrogen (secondary N) is 1. The largest absolute Gasteiger partial charge is 0.496 e. The number of nitro groups is 1. The van der Waals surface area contributed by atoms with Crippen LogP contribution in [0.5, 0.6) is 5.75 Å². The lowest BCUT2D eigenvalue weighted by atomic mass is 10.2. The lowest BCUT2D eigenvalue weighted by Crippen LogP contribution is -2.29. The molecule has 0 unspecified atom stereocenters. The highest BCUT2D eigenvalue weighted by Gasteiger charge is 2.32. The highest BCUT2D eigenvalue weighted by atomic mass is 35.5. The van der Waals surface area contributed by atoms with Crippen molar-refractivity contribution in [2.24, 2.45) is 0 Å². The first-order valence-corrected chi connectivity index (χ1v) is 12.6. The molecule has 37 heavy (non-hydrogen) atoms. The van der Waals surface area contributed by atoms with E-state index in [1.165, 1.54) is 35.7 Å². The Morgan fingerprint density at radius 2 is 1.89 bits per heavy atom. The fraction of sp³-hybridized carbons (Fsp3) is 0.167. The molecule has 0 aromatic heterocycles. The van der Waals surface area contributed by atoms with Crippen LogP contribution in [-0.4, -0.2) is 45.5 Å². The number of methoxy groups -OCH3 is 1. The molecule has 1 heterocycles. The van der Waals surface area contributed by atoms with Crippen molar-refractivity contribution in [2.45, 2.75) is 11.3 Å². The summed E-state index contributed by atoms with van der Waals surface area (Å²) in [5, 5.41) is 13.3. The Morgan fingerprint density at radius 1 is 1.14 bits per heavy atom. The molecular weight excluding hydrogens is 526 g/mol. The number of rotatable bonds is 8. The van der Waals surface area contributed by atoms with Gasteiger partial charge in [-0.25, -0.2) is 13.2 Å². The average Bonchev–Trinajstić information content (AvgIpc) is 3.33. The Kier molecular flexibility index (Phi) is 7.32. The Bertz CT molecular complexity index is 1510. The summed E-state index contributed by atoms with van der Waals surface area (Å²) in [5.74, 6) is -1.71. The molecule has 1 N–H and O–H groups in total. The van der Waals surface area contributed by atoms with Gasteiger partial charge in [-0.15, -0.1) is 0 Å². The van der Waals surface area contributed by atoms with Gasteiger partial charge in [-0.3, -0.25) is 19.2 Å². The van der Waals surface area contributed by atoms with Crippen molar-refractivity contribution in [1.82, 2.24) is 0 Å². The first-order chi connectivity index (χ1) is 17.6. The zero-order chi connectivity index (χ0) is 26.7. The Morgan fingerprint density at radius 3 is 2.62 bits per heavy atom. The van der Waals surface area contributed by atoms with Crippen molar-refractivity contribution < 1.29 is 32.4 Å². The van der Waals surface area contributed by atoms with E-state index in [0.717, 1.165) is 17.7 Å². The summed E-state index contributed by atoms with van der Waals surface area (Å²) in [4.78, 5) is 35.2. The van der Waals surface area contributed by atoms with Crippen LogP contribution in [0.2, 0.25) is 5.02 Å². The van der Waals surface area contributed by atoms with E-state index in [9.17, 15) is 28.1 Å². The molecule has 0 aliphatic carbocycles. The third-order valence-electron chi connectivity index (χ3n) is 5.58. The zero-order valence-corrected chi connectivity index (χ0v) is 20.9. The van der Waals surface area contributed by atoms with Crippen LogP contribution in [0.15, 0.2) is 65.6 Å². The quantitative estimate of drug-likeness (QED) is 0.255. The second-order valence-electron chi connectivity index (χ2n) is 7.87. The Hall–Kier alpha value is -4.16. The number of carbonyl (C=O) groups is 2. The third-order valence-corrected chi connectivity index (χ3v) is 7.71. The van der Waals surface area contributed by atoms with Crippen molar-refractivity contribution in [3.8, 4) is 5.75 Å². The molecule has 3 aromatic rings. The fourth-order valence-corrected chi connectivity index (χ4v) is 5.54. The molecule has 0 bridgehead atoms. The number of esters is 1. The van der Waals surface area contributed by atoms with Gasteiger partial charge in [0.05, 0.1) is 22.6 Å². The van der Waals surface area contributed by atoms with Crippen LogP contribution < -0.4 is 14.4 Å². The van der Waals surface area contributed by atoms with E-state index in [1.54, 1.807) is 12.1 Å². The lowest BCUT2D eigenvalue weighted by molar-refractivity contribution is -0.384. The molecule has 4 rings (SSSR count). The lowest BCUT2D eigenvalue weighted by Gasteiger charge is -2.20. The summed E-state index contributed by atoms with van der Waals surface area (Å²) < 4.78 is 38.2. The monoisotopic (exact) mass is 545 g/mol. The molecule has 11 nitrogen and oxygen atoms in total. The van der Waals surface area contributed by atoms with Gasteiger partial charge in [0.25, 0.3) is 21.6 Å². The number of hydrogen-bond donors (Lipinski definition) is 1. The second-order valence-corrected chi connectivity index (χ2v) is 10.1. The van der Waals surface area contributed by atoms with E-state index in [4.69, 9.17) is 21.1 Å². The number of anilines is 2. The summed E-state index contributed by atoms with van der Waals surface area (Å²) in [5.41, 5.74) is 0.956. The van der Waals surface area contributed by atoms with Crippen molar-refractivity contribution in [3.05, 3.63) is 86.9 Å². The maximum atomic E-state index is 13.4. The topological polar surface area (TPSA) is 145 Å². The standard InChI is InChI=1S/C24H20ClN3O8S/c1-35-22-9-7-17(37(33,34)27-11-10-15-4-2-3-5-20(15)27)13-18(22)24(30)36-14-23(29)26-16-6-8-19(25)21(12-16)28(31)32/h2-9,12-13H,10-11,14H2,1H3,(H,26,29). The number of hydrogen-bond acceptors (Lipinski definition) is 8. The summed E-state index contributed by atoms with van der Waals surface area (Å²) in [6.07, 6.45) is 0.562. The van der Waals surface area contributed by atoms with Gasteiger partial charge in [0, 0.05) is 18.3 Å². The Balaban J connectivity index is 1.50. The molecule has 0 atom stereocenters. The number of benzene rings is 3. The van der Waals surface area contributed by atoms with Crippen LogP contribution in [0.3, 0.4) is 0 Å². The van der Waals surface area contributed by atoms with Gasteiger partial charge in [-0.05, 0) is 48.4 Å². The first kappa shape index (κ1) is 25.9. The smallest absolute Gasteiger partial charge is 0.342 e. The van der Waals surface area contributed by atoms with Gasteiger partial charge < -0.3 is 14.8 Å². The molecule has 1 aliphatic rings. The number of fused-ring (bicyclic) bond motifs is 1. The van der Waals surface area contributed by atoms with Crippen LogP contribution in [-0.2, 0) is 26.0 Å². The van der Waals surface area contributed by atoms with Crippen LogP contribution in [0, 0.1) is 10.1 Å². The molecule has 0 radical (unpaired) electrons. The molecule has 192 valence electrons. The molecule has 1 aliphatic heterocycles. The SMILES string of the molecule is COc1ccc(S(=O)(=O)N2CCc3ccccc32)cc1C(=O)OCC(=O)Nc1ccc(Cl)c([N+](=O)[O-])c1. The number of ether oxygens (including phenoxy) is 2. The second kappa shape index (κ2) is 10.4. The normalized spacial score (nSPS) is 12.5. The van der Waals surface area contributed by atoms with Gasteiger partial charge in [-0.1, -0.05) is 29.8 Å². The fourth-order valence-electron chi connectivity index (χ4n) is 3.83. The van der Waals surface area contributed by atoms with Crippen molar-refractivity contribution in [2.75, 3.05) is 29.9 Å². The van der Waals surface area contributed by atoms with E-state index in [1.807, 2.05) is 12.1 Å². The van der Waals surface area contributed by atoms with Gasteiger partial charge in [0.1, 0.15) is 16.3 Å². The number of para-hydroxylation sites is 1. The number of sulfonamides is 1. The van der Waals surface area contributed by atoms with Crippen LogP contribution in [0.4, 0.5) is 17.1 Å². The van der Waals surface area contributed by atoms with E-state index in [-0.39, 0.29) is 33.5 Å². The van der Waals surface area contributed by atoms with Crippen LogP contribution >= 0.6 is 11.6 Å². The van der Waals surface area contributed by atoms with Gasteiger partial charge in [0.15, 0.2) is 6.61 Å². The number of nitrogens with zero attached hydrogens (tertiary/aromatic N) is 2. The predicted octanol–water partition coefficient (Wildman–Crippen LogP) is 3.80. The first-order valence-electron chi connectivity index (χ1n) is 10.8. The molecule has 0 saturated heterocycles. The predicted molar refractivity (Wildman–Crippen MR) is 135 cm³/mol. The maximum Gasteiger partial charge on any atom is 0.342 e. The van der Waals surface area contributed by atoms with Crippen molar-refractivity contribution in [1.29, 1.82) is 0 Å². The van der Waals surface area contributed by atoms with Crippen molar-refractivity contribution in [3.63, 3.8) is 0 Å². The van der Waals surface area contributed by atoms with Gasteiger partial charge in [-0.2, -0.15) is 0 Å². The number of halogens is 1. The minimum atomic E-state index is -3.99. The average molecular weight is 546 g/mol. The third kappa shape index (κ3) is 5.34. The summed E-state index contributed by atoms with van der Waals surface area (Å²) in [6, 6.07) is 14.6. The Labute approximate surface area is 216 Å². The molecule has 13 heteroatoms. The molecule has 0 saturated carbocycles. The highest BCUT2D eigenvalue weighted by molar-refractivity contribution is 7.92. The zero-order valence-electron chi connectivity index (χ0n) is 19.3. The van der Waals surface area contributed by atoms with Gasteiger partial charge in [0.2, 0.25) is 0 Å².